The van der Waals surface area contributed by atoms with Gasteiger partial charge in [0.15, 0.2) is 0 Å². The number of amides is 2. The van der Waals surface area contributed by atoms with Crippen molar-refractivity contribution < 1.29 is 19.5 Å². The second-order valence-electron chi connectivity index (χ2n) is 8.54. The van der Waals surface area contributed by atoms with E-state index in [1.165, 1.54) is 32.1 Å². The third-order valence-corrected chi connectivity index (χ3v) is 6.50. The van der Waals surface area contributed by atoms with Crippen LogP contribution in [0.2, 0.25) is 0 Å². The van der Waals surface area contributed by atoms with Gasteiger partial charge in [0.05, 0.1) is 5.92 Å². The molecule has 3 saturated carbocycles. The molecule has 0 saturated heterocycles. The Kier molecular flexibility index (Phi) is 6.54. The average Bonchev–Trinajstić information content (AvgIpc) is 2.58. The van der Waals surface area contributed by atoms with Gasteiger partial charge in [-0.25, -0.2) is 0 Å². The van der Waals surface area contributed by atoms with Crippen LogP contribution in [0.1, 0.15) is 77.0 Å². The minimum atomic E-state index is -0.764. The van der Waals surface area contributed by atoms with Crippen LogP contribution in [-0.2, 0) is 14.4 Å². The first-order valence-electron chi connectivity index (χ1n) is 10.3. The number of carbonyl (C=O) groups excluding carboxylic acids is 2. The molecule has 3 aliphatic carbocycles. The number of carboxylic acids is 1. The van der Waals surface area contributed by atoms with E-state index in [0.29, 0.717) is 25.2 Å². The van der Waals surface area contributed by atoms with E-state index in [1.807, 2.05) is 0 Å². The van der Waals surface area contributed by atoms with Gasteiger partial charge in [0.2, 0.25) is 11.8 Å². The molecule has 0 aromatic rings. The van der Waals surface area contributed by atoms with Crippen LogP contribution in [0.15, 0.2) is 0 Å². The Morgan fingerprint density at radius 2 is 1.42 bits per heavy atom. The molecular formula is C20H32N2O4. The van der Waals surface area contributed by atoms with E-state index in [1.54, 1.807) is 0 Å². The minimum Gasteiger partial charge on any atom is -0.481 e. The van der Waals surface area contributed by atoms with Gasteiger partial charge in [-0.2, -0.15) is 0 Å². The molecule has 0 aromatic carbocycles. The number of hydrogen-bond donors (Lipinski definition) is 3. The fraction of sp³-hybridized carbons (Fsp3) is 0.850. The topological polar surface area (TPSA) is 95.5 Å². The number of aliphatic carboxylic acids is 1. The molecule has 0 radical (unpaired) electrons. The van der Waals surface area contributed by atoms with Crippen LogP contribution < -0.4 is 10.6 Å². The lowest BCUT2D eigenvalue weighted by atomic mass is 9.79. The first-order valence-corrected chi connectivity index (χ1v) is 10.3. The third kappa shape index (κ3) is 5.21. The van der Waals surface area contributed by atoms with E-state index >= 15 is 0 Å². The van der Waals surface area contributed by atoms with E-state index in [4.69, 9.17) is 5.11 Å². The van der Waals surface area contributed by atoms with Crippen LogP contribution in [0.4, 0.5) is 0 Å². The fourth-order valence-corrected chi connectivity index (χ4v) is 4.70. The lowest BCUT2D eigenvalue weighted by Crippen LogP contribution is -2.49. The van der Waals surface area contributed by atoms with Crippen molar-refractivity contribution in [2.45, 2.75) is 89.1 Å². The molecular weight excluding hydrogens is 332 g/mol. The SMILES string of the molecule is O=C(CC1CCCCC1)NC1CCC(C(=O)NC2CC(C(=O)O)C2)CC1. The Morgan fingerprint density at radius 1 is 0.769 bits per heavy atom. The van der Waals surface area contributed by atoms with Crippen molar-refractivity contribution in [3.8, 4) is 0 Å². The normalized spacial score (nSPS) is 32.3. The Bertz CT molecular complexity index is 516. The zero-order valence-corrected chi connectivity index (χ0v) is 15.5. The lowest BCUT2D eigenvalue weighted by Gasteiger charge is -2.35. The molecule has 26 heavy (non-hydrogen) atoms. The number of nitrogens with one attached hydrogen (secondary N) is 2. The van der Waals surface area contributed by atoms with Gasteiger partial charge in [0.1, 0.15) is 0 Å². The highest BCUT2D eigenvalue weighted by Gasteiger charge is 2.37. The summed E-state index contributed by atoms with van der Waals surface area (Å²) in [4.78, 5) is 35.4. The highest BCUT2D eigenvalue weighted by molar-refractivity contribution is 5.80. The van der Waals surface area contributed by atoms with Crippen molar-refractivity contribution in [3.05, 3.63) is 0 Å². The number of carbonyl (C=O) groups is 3. The van der Waals surface area contributed by atoms with Crippen molar-refractivity contribution in [1.29, 1.82) is 0 Å². The van der Waals surface area contributed by atoms with Crippen molar-refractivity contribution in [2.75, 3.05) is 0 Å². The fourth-order valence-electron chi connectivity index (χ4n) is 4.70. The summed E-state index contributed by atoms with van der Waals surface area (Å²) >= 11 is 0. The first kappa shape index (κ1) is 19.2. The second-order valence-corrected chi connectivity index (χ2v) is 8.54. The summed E-state index contributed by atoms with van der Waals surface area (Å²) in [5.41, 5.74) is 0. The Hall–Kier alpha value is -1.59. The summed E-state index contributed by atoms with van der Waals surface area (Å²) < 4.78 is 0. The predicted molar refractivity (Wildman–Crippen MR) is 97.4 cm³/mol. The van der Waals surface area contributed by atoms with Crippen LogP contribution in [-0.4, -0.2) is 35.0 Å². The molecule has 0 bridgehead atoms. The molecule has 0 aromatic heterocycles. The van der Waals surface area contributed by atoms with E-state index in [-0.39, 0.29) is 35.7 Å². The van der Waals surface area contributed by atoms with E-state index < -0.39 is 5.97 Å². The van der Waals surface area contributed by atoms with Crippen LogP contribution in [0.25, 0.3) is 0 Å². The van der Waals surface area contributed by atoms with Gasteiger partial charge in [0.25, 0.3) is 0 Å². The van der Waals surface area contributed by atoms with Crippen molar-refractivity contribution in [3.63, 3.8) is 0 Å². The van der Waals surface area contributed by atoms with Crippen LogP contribution in [0.3, 0.4) is 0 Å². The maximum atomic E-state index is 12.3. The standard InChI is InChI=1S/C20H32N2O4/c23-18(10-13-4-2-1-3-5-13)21-16-8-6-14(7-9-16)19(24)22-17-11-15(12-17)20(25)26/h13-17H,1-12H2,(H,21,23)(H,22,24)(H,25,26). The van der Waals surface area contributed by atoms with Gasteiger partial charge in [0, 0.05) is 24.4 Å². The summed E-state index contributed by atoms with van der Waals surface area (Å²) in [7, 11) is 0. The molecule has 0 heterocycles. The molecule has 3 rings (SSSR count). The molecule has 0 spiro atoms. The Balaban J connectivity index is 1.31. The summed E-state index contributed by atoms with van der Waals surface area (Å²) in [5, 5.41) is 15.1. The predicted octanol–water partition coefficient (Wildman–Crippen LogP) is 2.61. The molecule has 146 valence electrons. The molecule has 2 amide bonds. The molecule has 3 fully saturated rings. The molecule has 0 atom stereocenters. The summed E-state index contributed by atoms with van der Waals surface area (Å²) in [6.45, 7) is 0. The van der Waals surface area contributed by atoms with E-state index in [0.717, 1.165) is 25.7 Å². The summed E-state index contributed by atoms with van der Waals surface area (Å²) in [6.07, 6.45) is 11.3. The van der Waals surface area contributed by atoms with Crippen LogP contribution in [0, 0.1) is 17.8 Å². The Morgan fingerprint density at radius 3 is 2.04 bits per heavy atom. The van der Waals surface area contributed by atoms with Crippen LogP contribution in [0.5, 0.6) is 0 Å². The smallest absolute Gasteiger partial charge is 0.306 e. The lowest BCUT2D eigenvalue weighted by molar-refractivity contribution is -0.146. The quantitative estimate of drug-likeness (QED) is 0.675. The molecule has 3 aliphatic rings. The number of rotatable bonds is 6. The van der Waals surface area contributed by atoms with Gasteiger partial charge in [-0.3, -0.25) is 14.4 Å². The zero-order chi connectivity index (χ0) is 18.5. The maximum Gasteiger partial charge on any atom is 0.306 e. The van der Waals surface area contributed by atoms with Gasteiger partial charge >= 0.3 is 5.97 Å². The van der Waals surface area contributed by atoms with Gasteiger partial charge in [-0.1, -0.05) is 19.3 Å². The highest BCUT2D eigenvalue weighted by atomic mass is 16.4. The Labute approximate surface area is 155 Å². The molecule has 6 heteroatoms. The molecule has 3 N–H and O–H groups in total. The largest absolute Gasteiger partial charge is 0.481 e. The van der Waals surface area contributed by atoms with E-state index in [2.05, 4.69) is 10.6 Å². The molecule has 6 nitrogen and oxygen atoms in total. The second kappa shape index (κ2) is 8.87. The van der Waals surface area contributed by atoms with Gasteiger partial charge in [-0.15, -0.1) is 0 Å². The highest BCUT2D eigenvalue weighted by Crippen LogP contribution is 2.30. The van der Waals surface area contributed by atoms with Crippen molar-refractivity contribution >= 4 is 17.8 Å². The molecule has 0 unspecified atom stereocenters. The van der Waals surface area contributed by atoms with Crippen molar-refractivity contribution in [2.24, 2.45) is 17.8 Å². The summed E-state index contributed by atoms with van der Waals surface area (Å²) in [5.74, 6) is -0.256. The third-order valence-electron chi connectivity index (χ3n) is 6.50. The summed E-state index contributed by atoms with van der Waals surface area (Å²) in [6, 6.07) is 0.228. The zero-order valence-electron chi connectivity index (χ0n) is 15.5. The van der Waals surface area contributed by atoms with Gasteiger partial charge < -0.3 is 15.7 Å². The maximum absolute atomic E-state index is 12.3. The first-order chi connectivity index (χ1) is 12.5. The monoisotopic (exact) mass is 364 g/mol. The number of hydrogen-bond acceptors (Lipinski definition) is 3. The van der Waals surface area contributed by atoms with Crippen LogP contribution >= 0.6 is 0 Å². The van der Waals surface area contributed by atoms with Crippen molar-refractivity contribution in [1.82, 2.24) is 10.6 Å². The van der Waals surface area contributed by atoms with E-state index in [9.17, 15) is 14.4 Å². The average molecular weight is 364 g/mol. The van der Waals surface area contributed by atoms with Gasteiger partial charge in [-0.05, 0) is 57.3 Å². The molecule has 0 aliphatic heterocycles. The number of carboxylic acid groups (broad SMARTS) is 1. The minimum absolute atomic E-state index is 0.00498.